The van der Waals surface area contributed by atoms with Crippen molar-refractivity contribution in [2.45, 2.75) is 52.2 Å². The van der Waals surface area contributed by atoms with Gasteiger partial charge in [0, 0.05) is 48.9 Å². The van der Waals surface area contributed by atoms with Crippen LogP contribution in [0.25, 0.3) is 6.08 Å². The number of amides is 1. The molecule has 1 aromatic carbocycles. The Balaban J connectivity index is 1.76. The van der Waals surface area contributed by atoms with Crippen molar-refractivity contribution < 1.29 is 23.7 Å². The summed E-state index contributed by atoms with van der Waals surface area (Å²) in [6.07, 6.45) is 4.42. The molecule has 1 atom stereocenters. The van der Waals surface area contributed by atoms with Crippen molar-refractivity contribution in [1.29, 1.82) is 0 Å². The molecular formula is C28H40BrN5O5. The highest BCUT2D eigenvalue weighted by molar-refractivity contribution is 9.10. The van der Waals surface area contributed by atoms with Crippen LogP contribution in [0.15, 0.2) is 34.7 Å². The number of halogens is 1. The maximum Gasteiger partial charge on any atom is 0.410 e. The maximum absolute atomic E-state index is 12.5. The molecule has 214 valence electrons. The van der Waals surface area contributed by atoms with Gasteiger partial charge in [-0.05, 0) is 58.4 Å². The summed E-state index contributed by atoms with van der Waals surface area (Å²) >= 11 is 3.53. The first-order valence-electron chi connectivity index (χ1n) is 13.1. The molecule has 11 heteroatoms. The van der Waals surface area contributed by atoms with E-state index >= 15 is 0 Å². The molecule has 1 aliphatic carbocycles. The monoisotopic (exact) mass is 605 g/mol. The van der Waals surface area contributed by atoms with Crippen molar-refractivity contribution >= 4 is 39.6 Å². The predicted molar refractivity (Wildman–Crippen MR) is 155 cm³/mol. The lowest BCUT2D eigenvalue weighted by Gasteiger charge is -2.28. The van der Waals surface area contributed by atoms with Gasteiger partial charge in [0.2, 0.25) is 0 Å². The molecule has 2 aromatic rings. The number of aromatic nitrogens is 2. The molecule has 3 rings (SSSR count). The number of rotatable bonds is 13. The lowest BCUT2D eigenvalue weighted by Crippen LogP contribution is -2.38. The second-order valence-electron chi connectivity index (χ2n) is 10.0. The van der Waals surface area contributed by atoms with Crippen molar-refractivity contribution in [3.8, 4) is 5.75 Å². The van der Waals surface area contributed by atoms with Gasteiger partial charge in [0.25, 0.3) is 0 Å². The molecule has 1 aliphatic rings. The summed E-state index contributed by atoms with van der Waals surface area (Å²) in [6.45, 7) is 10.3. The first-order valence-corrected chi connectivity index (χ1v) is 13.9. The number of hydrogen-bond acceptors (Lipinski definition) is 9. The zero-order chi connectivity index (χ0) is 28.4. The molecule has 0 fully saturated rings. The van der Waals surface area contributed by atoms with Crippen LogP contribution in [0.1, 0.15) is 45.4 Å². The number of nitrogens with one attached hydrogen (secondary N) is 2. The van der Waals surface area contributed by atoms with E-state index in [4.69, 9.17) is 18.9 Å². The minimum atomic E-state index is -0.524. The number of hydrogen-bond donors (Lipinski definition) is 2. The number of ether oxygens (including phenoxy) is 4. The number of fused-ring (bicyclic) bond motifs is 1. The lowest BCUT2D eigenvalue weighted by atomic mass is 9.97. The standard InChI is InChI=1S/C28H40BrN5O5/c1-7-34(27(35)39-28(2,3)4)12-8-11-30-22-16-20-21(17-25(22)38-14-13-36-5)31-18-32-26(20)33-23-15-19(29)9-10-24(23)37-6/h9-10,15-16,18,25,30H,7-8,11-14,17H2,1-6H3,(H,31,32,33). The summed E-state index contributed by atoms with van der Waals surface area (Å²) in [4.78, 5) is 23.3. The SMILES string of the molecule is CCN(CCCNC1=Cc2c(ncnc2Nc2cc(Br)ccc2OC)CC1OCCOC)C(=O)OC(C)(C)C. The number of nitrogens with zero attached hydrogens (tertiary/aromatic N) is 3. The Labute approximate surface area is 239 Å². The molecule has 0 saturated heterocycles. The minimum absolute atomic E-state index is 0.205. The molecule has 0 bridgehead atoms. The number of methoxy groups -OCH3 is 2. The Morgan fingerprint density at radius 2 is 2.00 bits per heavy atom. The largest absolute Gasteiger partial charge is 0.495 e. The molecule has 2 N–H and O–H groups in total. The first-order chi connectivity index (χ1) is 18.6. The summed E-state index contributed by atoms with van der Waals surface area (Å²) in [5.74, 6) is 1.38. The highest BCUT2D eigenvalue weighted by Crippen LogP contribution is 2.34. The molecule has 10 nitrogen and oxygen atoms in total. The fourth-order valence-electron chi connectivity index (χ4n) is 4.08. The highest BCUT2D eigenvalue weighted by atomic mass is 79.9. The van der Waals surface area contributed by atoms with E-state index in [1.165, 1.54) is 0 Å². The van der Waals surface area contributed by atoms with E-state index in [1.54, 1.807) is 25.4 Å². The topological polar surface area (TPSA) is 107 Å². The van der Waals surface area contributed by atoms with E-state index < -0.39 is 5.60 Å². The summed E-state index contributed by atoms with van der Waals surface area (Å²) in [5.41, 5.74) is 2.96. The van der Waals surface area contributed by atoms with Gasteiger partial charge in [0.15, 0.2) is 0 Å². The highest BCUT2D eigenvalue weighted by Gasteiger charge is 2.26. The quantitative estimate of drug-likeness (QED) is 0.299. The van der Waals surface area contributed by atoms with Crippen LogP contribution in [0.5, 0.6) is 5.75 Å². The van der Waals surface area contributed by atoms with Crippen LogP contribution in [0, 0.1) is 0 Å². The first kappa shape index (κ1) is 30.6. The van der Waals surface area contributed by atoms with Gasteiger partial charge in [-0.15, -0.1) is 0 Å². The van der Waals surface area contributed by atoms with E-state index in [2.05, 4.69) is 36.5 Å². The molecule has 0 aliphatic heterocycles. The minimum Gasteiger partial charge on any atom is -0.495 e. The summed E-state index contributed by atoms with van der Waals surface area (Å²) in [5, 5.41) is 6.93. The second kappa shape index (κ2) is 14.5. The van der Waals surface area contributed by atoms with Crippen molar-refractivity contribution in [3.63, 3.8) is 0 Å². The Morgan fingerprint density at radius 3 is 2.69 bits per heavy atom. The van der Waals surface area contributed by atoms with Gasteiger partial charge in [-0.2, -0.15) is 0 Å². The summed E-state index contributed by atoms with van der Waals surface area (Å²) < 4.78 is 23.3. The molecule has 0 spiro atoms. The predicted octanol–water partition coefficient (Wildman–Crippen LogP) is 5.16. The third-order valence-corrected chi connectivity index (χ3v) is 6.47. The summed E-state index contributed by atoms with van der Waals surface area (Å²) in [7, 11) is 3.29. The van der Waals surface area contributed by atoms with Crippen LogP contribution in [0.3, 0.4) is 0 Å². The number of benzene rings is 1. The van der Waals surface area contributed by atoms with Crippen molar-refractivity contribution in [3.05, 3.63) is 46.0 Å². The van der Waals surface area contributed by atoms with Gasteiger partial charge in [0.05, 0.1) is 31.7 Å². The fourth-order valence-corrected chi connectivity index (χ4v) is 4.44. The van der Waals surface area contributed by atoms with Gasteiger partial charge in [-0.25, -0.2) is 14.8 Å². The van der Waals surface area contributed by atoms with E-state index in [0.717, 1.165) is 33.5 Å². The fraction of sp³-hybridized carbons (Fsp3) is 0.536. The Kier molecular flexibility index (Phi) is 11.4. The second-order valence-corrected chi connectivity index (χ2v) is 11.0. The van der Waals surface area contributed by atoms with Crippen LogP contribution in [-0.2, 0) is 20.6 Å². The van der Waals surface area contributed by atoms with Crippen LogP contribution in [0.2, 0.25) is 0 Å². The van der Waals surface area contributed by atoms with Crippen molar-refractivity contribution in [2.24, 2.45) is 0 Å². The van der Waals surface area contributed by atoms with Gasteiger partial charge in [0.1, 0.15) is 29.6 Å². The average molecular weight is 607 g/mol. The van der Waals surface area contributed by atoms with Crippen LogP contribution >= 0.6 is 15.9 Å². The van der Waals surface area contributed by atoms with E-state index in [9.17, 15) is 4.79 Å². The lowest BCUT2D eigenvalue weighted by molar-refractivity contribution is 0.0254. The van der Waals surface area contributed by atoms with Crippen LogP contribution in [-0.4, -0.2) is 79.7 Å². The number of anilines is 2. The summed E-state index contributed by atoms with van der Waals surface area (Å²) in [6, 6.07) is 5.76. The molecule has 1 amide bonds. The molecule has 1 heterocycles. The van der Waals surface area contributed by atoms with Gasteiger partial charge in [-0.3, -0.25) is 0 Å². The Bertz CT molecular complexity index is 1140. The zero-order valence-electron chi connectivity index (χ0n) is 23.7. The van der Waals surface area contributed by atoms with Crippen LogP contribution in [0.4, 0.5) is 16.3 Å². The number of carbonyl (C=O) groups is 1. The molecular weight excluding hydrogens is 566 g/mol. The van der Waals surface area contributed by atoms with E-state index in [1.807, 2.05) is 52.0 Å². The average Bonchev–Trinajstić information content (AvgIpc) is 2.88. The molecule has 1 unspecified atom stereocenters. The van der Waals surface area contributed by atoms with E-state index in [-0.39, 0.29) is 12.2 Å². The molecule has 0 saturated carbocycles. The smallest absolute Gasteiger partial charge is 0.410 e. The molecule has 1 aromatic heterocycles. The third-order valence-electron chi connectivity index (χ3n) is 5.98. The van der Waals surface area contributed by atoms with Gasteiger partial charge >= 0.3 is 6.09 Å². The normalized spacial score (nSPS) is 14.7. The molecule has 0 radical (unpaired) electrons. The molecule has 39 heavy (non-hydrogen) atoms. The van der Waals surface area contributed by atoms with Gasteiger partial charge < -0.3 is 34.5 Å². The Morgan fingerprint density at radius 1 is 1.21 bits per heavy atom. The van der Waals surface area contributed by atoms with E-state index in [0.29, 0.717) is 50.8 Å². The Hall–Kier alpha value is -2.89. The number of carbonyl (C=O) groups excluding carboxylic acids is 1. The maximum atomic E-state index is 12.5. The van der Waals surface area contributed by atoms with Crippen molar-refractivity contribution in [1.82, 2.24) is 20.2 Å². The van der Waals surface area contributed by atoms with Gasteiger partial charge in [-0.1, -0.05) is 15.9 Å². The van der Waals surface area contributed by atoms with Crippen molar-refractivity contribution in [2.75, 3.05) is 52.4 Å². The van der Waals surface area contributed by atoms with Crippen LogP contribution < -0.4 is 15.4 Å². The zero-order valence-corrected chi connectivity index (χ0v) is 25.3. The third kappa shape index (κ3) is 9.08.